The molecule has 0 aromatic rings. The quantitative estimate of drug-likeness (QED) is 0.725. The summed E-state index contributed by atoms with van der Waals surface area (Å²) in [5.74, 6) is 1.92. The Hall–Kier alpha value is -0.0400. The Kier molecular flexibility index (Phi) is 5.34. The fourth-order valence-corrected chi connectivity index (χ4v) is 4.30. The van der Waals surface area contributed by atoms with E-state index in [1.807, 2.05) is 0 Å². The van der Waals surface area contributed by atoms with Crippen LogP contribution in [0.15, 0.2) is 0 Å². The normalized spacial score (nSPS) is 31.6. The maximum Gasteiger partial charge on any atom is 0.00698 e. The first-order chi connectivity index (χ1) is 9.03. The molecule has 0 saturated heterocycles. The van der Waals surface area contributed by atoms with Gasteiger partial charge in [-0.15, -0.1) is 0 Å². The molecule has 0 unspecified atom stereocenters. The van der Waals surface area contributed by atoms with Crippen LogP contribution >= 0.6 is 0 Å². The van der Waals surface area contributed by atoms with Crippen LogP contribution in [0.5, 0.6) is 0 Å². The lowest BCUT2D eigenvalue weighted by molar-refractivity contribution is 0.131. The molecule has 2 fully saturated rings. The fourth-order valence-electron chi connectivity index (χ4n) is 4.30. The average Bonchev–Trinajstić information content (AvgIpc) is 2.93. The first kappa shape index (κ1) is 15.4. The van der Waals surface area contributed by atoms with Gasteiger partial charge in [-0.3, -0.25) is 0 Å². The van der Waals surface area contributed by atoms with E-state index in [4.69, 9.17) is 0 Å². The van der Waals surface area contributed by atoms with E-state index in [2.05, 4.69) is 33.0 Å². The molecule has 0 bridgehead atoms. The van der Waals surface area contributed by atoms with Crippen LogP contribution in [0.25, 0.3) is 0 Å². The fraction of sp³-hybridized carbons (Fsp3) is 1.00. The number of rotatable bonds is 5. The summed E-state index contributed by atoms with van der Waals surface area (Å²) in [6.45, 7) is 9.71. The van der Waals surface area contributed by atoms with E-state index in [1.54, 1.807) is 0 Å². The van der Waals surface area contributed by atoms with Gasteiger partial charge in [0.1, 0.15) is 0 Å². The molecule has 1 atom stereocenters. The van der Waals surface area contributed by atoms with Gasteiger partial charge in [-0.2, -0.15) is 0 Å². The molecule has 2 saturated carbocycles. The predicted octanol–water partition coefficient (Wildman–Crippen LogP) is 5.15. The van der Waals surface area contributed by atoms with Crippen LogP contribution in [0, 0.1) is 17.3 Å². The van der Waals surface area contributed by atoms with Crippen molar-refractivity contribution in [3.8, 4) is 0 Å². The Bertz CT molecular complexity index is 257. The van der Waals surface area contributed by atoms with Crippen molar-refractivity contribution >= 4 is 0 Å². The van der Waals surface area contributed by atoms with Gasteiger partial charge in [-0.05, 0) is 62.7 Å². The van der Waals surface area contributed by atoms with Crippen molar-refractivity contribution in [1.82, 2.24) is 5.32 Å². The Labute approximate surface area is 120 Å². The zero-order valence-corrected chi connectivity index (χ0v) is 13.7. The molecule has 2 rings (SSSR count). The Morgan fingerprint density at radius 2 is 1.58 bits per heavy atom. The third-order valence-electron chi connectivity index (χ3n) is 6.35. The molecule has 0 radical (unpaired) electrons. The minimum atomic E-state index is 0.558. The predicted molar refractivity (Wildman–Crippen MR) is 84.4 cm³/mol. The van der Waals surface area contributed by atoms with E-state index in [9.17, 15) is 0 Å². The van der Waals surface area contributed by atoms with Crippen LogP contribution in [0.3, 0.4) is 0 Å². The second kappa shape index (κ2) is 6.61. The number of nitrogens with one attached hydrogen (secondary N) is 1. The second-order valence-electron chi connectivity index (χ2n) is 7.89. The lowest BCUT2D eigenvalue weighted by Gasteiger charge is -2.40. The Morgan fingerprint density at radius 3 is 2.11 bits per heavy atom. The minimum Gasteiger partial charge on any atom is -0.311 e. The molecule has 0 aromatic carbocycles. The topological polar surface area (TPSA) is 12.0 Å². The summed E-state index contributed by atoms with van der Waals surface area (Å²) in [7, 11) is 0. The summed E-state index contributed by atoms with van der Waals surface area (Å²) in [6, 6.07) is 1.56. The molecule has 2 aliphatic carbocycles. The van der Waals surface area contributed by atoms with Crippen molar-refractivity contribution in [2.75, 3.05) is 0 Å². The van der Waals surface area contributed by atoms with Gasteiger partial charge < -0.3 is 5.32 Å². The van der Waals surface area contributed by atoms with E-state index in [0.29, 0.717) is 5.41 Å². The van der Waals surface area contributed by atoms with Crippen molar-refractivity contribution < 1.29 is 0 Å². The molecule has 0 aliphatic heterocycles. The Balaban J connectivity index is 1.74. The monoisotopic (exact) mass is 265 g/mol. The van der Waals surface area contributed by atoms with Gasteiger partial charge in [0, 0.05) is 12.1 Å². The molecule has 0 heterocycles. The highest BCUT2D eigenvalue weighted by Gasteiger charge is 2.32. The summed E-state index contributed by atoms with van der Waals surface area (Å²) in [4.78, 5) is 0. The van der Waals surface area contributed by atoms with E-state index in [1.165, 1.54) is 57.8 Å². The van der Waals surface area contributed by atoms with E-state index in [-0.39, 0.29) is 0 Å². The SMILES string of the molecule is CCC(C)(C)C1CCC(N[C@H](C)C2CCCC2)CC1. The zero-order chi connectivity index (χ0) is 13.9. The molecule has 1 heteroatoms. The second-order valence-corrected chi connectivity index (χ2v) is 7.89. The largest absolute Gasteiger partial charge is 0.311 e. The summed E-state index contributed by atoms with van der Waals surface area (Å²) in [5, 5.41) is 3.95. The summed E-state index contributed by atoms with van der Waals surface area (Å²) < 4.78 is 0. The van der Waals surface area contributed by atoms with E-state index >= 15 is 0 Å². The lowest BCUT2D eigenvalue weighted by Crippen LogP contribution is -2.43. The maximum atomic E-state index is 3.95. The highest BCUT2D eigenvalue weighted by atomic mass is 15.0. The first-order valence-corrected chi connectivity index (χ1v) is 8.79. The molecule has 0 aromatic heterocycles. The maximum absolute atomic E-state index is 3.95. The first-order valence-electron chi connectivity index (χ1n) is 8.79. The minimum absolute atomic E-state index is 0.558. The Morgan fingerprint density at radius 1 is 1.00 bits per heavy atom. The van der Waals surface area contributed by atoms with Crippen LogP contribution in [0.2, 0.25) is 0 Å². The third kappa shape index (κ3) is 3.97. The molecule has 0 amide bonds. The average molecular weight is 265 g/mol. The van der Waals surface area contributed by atoms with Crippen LogP contribution in [0.1, 0.15) is 85.5 Å². The van der Waals surface area contributed by atoms with Gasteiger partial charge in [0.05, 0.1) is 0 Å². The summed E-state index contributed by atoms with van der Waals surface area (Å²) in [6.07, 6.45) is 12.9. The van der Waals surface area contributed by atoms with Gasteiger partial charge in [-0.25, -0.2) is 0 Å². The van der Waals surface area contributed by atoms with Gasteiger partial charge in [0.2, 0.25) is 0 Å². The highest BCUT2D eigenvalue weighted by Crippen LogP contribution is 2.40. The molecule has 1 nitrogen and oxygen atoms in total. The lowest BCUT2D eigenvalue weighted by atomic mass is 9.69. The summed E-state index contributed by atoms with van der Waals surface area (Å²) in [5.41, 5.74) is 0.558. The molecule has 1 N–H and O–H groups in total. The van der Waals surface area contributed by atoms with Crippen molar-refractivity contribution in [2.24, 2.45) is 17.3 Å². The highest BCUT2D eigenvalue weighted by molar-refractivity contribution is 4.87. The van der Waals surface area contributed by atoms with Gasteiger partial charge in [0.25, 0.3) is 0 Å². The van der Waals surface area contributed by atoms with Crippen LogP contribution < -0.4 is 5.32 Å². The van der Waals surface area contributed by atoms with Gasteiger partial charge in [-0.1, -0.05) is 40.0 Å². The third-order valence-corrected chi connectivity index (χ3v) is 6.35. The van der Waals surface area contributed by atoms with Crippen molar-refractivity contribution in [3.63, 3.8) is 0 Å². The molecule has 0 spiro atoms. The molecule has 112 valence electrons. The van der Waals surface area contributed by atoms with Crippen LogP contribution in [-0.2, 0) is 0 Å². The molecular formula is C18H35N. The standard InChI is InChI=1S/C18H35N/c1-5-18(3,4)16-10-12-17(13-11-16)19-14(2)15-8-6-7-9-15/h14-17,19H,5-13H2,1-4H3/t14-,16?,17?/m1/s1. The molecule has 2 aliphatic rings. The van der Waals surface area contributed by atoms with Crippen molar-refractivity contribution in [2.45, 2.75) is 97.6 Å². The van der Waals surface area contributed by atoms with Gasteiger partial charge >= 0.3 is 0 Å². The van der Waals surface area contributed by atoms with Crippen LogP contribution in [-0.4, -0.2) is 12.1 Å². The van der Waals surface area contributed by atoms with Crippen molar-refractivity contribution in [1.29, 1.82) is 0 Å². The van der Waals surface area contributed by atoms with Crippen LogP contribution in [0.4, 0.5) is 0 Å². The van der Waals surface area contributed by atoms with E-state index < -0.39 is 0 Å². The van der Waals surface area contributed by atoms with Gasteiger partial charge in [0.15, 0.2) is 0 Å². The number of hydrogen-bond donors (Lipinski definition) is 1. The summed E-state index contributed by atoms with van der Waals surface area (Å²) >= 11 is 0. The molecule has 19 heavy (non-hydrogen) atoms. The van der Waals surface area contributed by atoms with Crippen molar-refractivity contribution in [3.05, 3.63) is 0 Å². The zero-order valence-electron chi connectivity index (χ0n) is 13.7. The number of hydrogen-bond acceptors (Lipinski definition) is 1. The molecular weight excluding hydrogens is 230 g/mol. The van der Waals surface area contributed by atoms with E-state index in [0.717, 1.165) is 23.9 Å². The smallest absolute Gasteiger partial charge is 0.00698 e.